The molecule has 0 aromatic heterocycles. The number of aliphatic imine (C=N–C) groups is 1. The number of aliphatic carboxylic acids is 2. The average molecular weight is 529 g/mol. The molecule has 0 aromatic carbocycles. The minimum absolute atomic E-state index is 0.0683. The van der Waals surface area contributed by atoms with E-state index in [9.17, 15) is 29.1 Å². The predicted octanol–water partition coefficient (Wildman–Crippen LogP) is -2.59. The molecule has 3 amide bonds. The SMILES string of the molecule is NCCCCC(N)C(=O)N1CCCC1C(=O)NC(CCCN=C(N)N)C(=O)NC(CCC(=O)O)C(=O)O. The number of carbonyl (C=O) groups excluding carboxylic acids is 3. The summed E-state index contributed by atoms with van der Waals surface area (Å²) >= 11 is 0. The molecule has 210 valence electrons. The Labute approximate surface area is 215 Å². The Bertz CT molecular complexity index is 834. The van der Waals surface area contributed by atoms with E-state index in [4.69, 9.17) is 28.0 Å². The van der Waals surface area contributed by atoms with Gasteiger partial charge in [-0.1, -0.05) is 6.42 Å². The van der Waals surface area contributed by atoms with Gasteiger partial charge >= 0.3 is 11.9 Å². The maximum atomic E-state index is 13.1. The summed E-state index contributed by atoms with van der Waals surface area (Å²) < 4.78 is 0. The molecular weight excluding hydrogens is 488 g/mol. The van der Waals surface area contributed by atoms with Crippen LogP contribution in [0.4, 0.5) is 0 Å². The van der Waals surface area contributed by atoms with Crippen LogP contribution in [0.1, 0.15) is 57.8 Å². The highest BCUT2D eigenvalue weighted by Crippen LogP contribution is 2.20. The third-order valence-corrected chi connectivity index (χ3v) is 5.96. The molecule has 0 aliphatic carbocycles. The van der Waals surface area contributed by atoms with Crippen LogP contribution in [0.5, 0.6) is 0 Å². The van der Waals surface area contributed by atoms with Crippen molar-refractivity contribution in [2.24, 2.45) is 27.9 Å². The first-order valence-corrected chi connectivity index (χ1v) is 12.3. The standard InChI is InChI=1S/C22H40N8O7/c23-10-2-1-5-13(24)20(35)30-12-4-7-16(30)19(34)28-14(6-3-11-27-22(25)26)18(33)29-15(21(36)37)8-9-17(31)32/h13-16H,1-12,23-24H2,(H,28,34)(H,29,33)(H,31,32)(H,36,37)(H4,25,26,27). The quantitative estimate of drug-likeness (QED) is 0.0551. The number of nitrogens with zero attached hydrogens (tertiary/aromatic N) is 2. The van der Waals surface area contributed by atoms with Crippen molar-refractivity contribution >= 4 is 35.6 Å². The van der Waals surface area contributed by atoms with Gasteiger partial charge in [-0.25, -0.2) is 4.79 Å². The summed E-state index contributed by atoms with van der Waals surface area (Å²) in [6.45, 7) is 0.996. The van der Waals surface area contributed by atoms with Gasteiger partial charge in [0.05, 0.1) is 6.04 Å². The first-order valence-electron chi connectivity index (χ1n) is 12.3. The summed E-state index contributed by atoms with van der Waals surface area (Å²) in [5, 5.41) is 23.1. The maximum Gasteiger partial charge on any atom is 0.326 e. The van der Waals surface area contributed by atoms with Gasteiger partial charge in [-0.3, -0.25) is 24.2 Å². The van der Waals surface area contributed by atoms with E-state index in [1.165, 1.54) is 4.90 Å². The number of carboxylic acids is 2. The van der Waals surface area contributed by atoms with Crippen molar-refractivity contribution in [3.8, 4) is 0 Å². The number of likely N-dealkylation sites (tertiary alicyclic amines) is 1. The van der Waals surface area contributed by atoms with Crippen molar-refractivity contribution in [3.63, 3.8) is 0 Å². The monoisotopic (exact) mass is 528 g/mol. The lowest BCUT2D eigenvalue weighted by molar-refractivity contribution is -0.144. The number of carboxylic acid groups (broad SMARTS) is 2. The Kier molecular flexibility index (Phi) is 13.9. The van der Waals surface area contributed by atoms with Gasteiger partial charge < -0.3 is 48.7 Å². The lowest BCUT2D eigenvalue weighted by atomic mass is 10.1. The van der Waals surface area contributed by atoms with Crippen LogP contribution in [-0.2, 0) is 24.0 Å². The van der Waals surface area contributed by atoms with E-state index in [1.807, 2.05) is 0 Å². The molecule has 1 saturated heterocycles. The van der Waals surface area contributed by atoms with Gasteiger partial charge in [0.25, 0.3) is 0 Å². The fourth-order valence-corrected chi connectivity index (χ4v) is 3.99. The molecule has 12 N–H and O–H groups in total. The fourth-order valence-electron chi connectivity index (χ4n) is 3.99. The zero-order valence-electron chi connectivity index (χ0n) is 20.9. The van der Waals surface area contributed by atoms with Crippen molar-refractivity contribution in [1.82, 2.24) is 15.5 Å². The lowest BCUT2D eigenvalue weighted by Gasteiger charge is -2.28. The van der Waals surface area contributed by atoms with E-state index >= 15 is 0 Å². The fraction of sp³-hybridized carbons (Fsp3) is 0.727. The summed E-state index contributed by atoms with van der Waals surface area (Å²) in [6.07, 6.45) is 2.35. The second-order valence-electron chi connectivity index (χ2n) is 8.92. The largest absolute Gasteiger partial charge is 0.481 e. The highest BCUT2D eigenvalue weighted by molar-refractivity contribution is 5.94. The van der Waals surface area contributed by atoms with E-state index in [1.54, 1.807) is 0 Å². The lowest BCUT2D eigenvalue weighted by Crippen LogP contribution is -2.56. The normalized spacial score (nSPS) is 17.4. The van der Waals surface area contributed by atoms with Crippen LogP contribution in [-0.4, -0.2) is 94.5 Å². The van der Waals surface area contributed by atoms with E-state index in [-0.39, 0.29) is 37.7 Å². The molecule has 0 radical (unpaired) electrons. The van der Waals surface area contributed by atoms with Crippen LogP contribution in [0, 0.1) is 0 Å². The number of rotatable bonds is 17. The van der Waals surface area contributed by atoms with Gasteiger partial charge in [-0.05, 0) is 51.5 Å². The molecular formula is C22H40N8O7. The predicted molar refractivity (Wildman–Crippen MR) is 134 cm³/mol. The molecule has 15 nitrogen and oxygen atoms in total. The molecule has 37 heavy (non-hydrogen) atoms. The second kappa shape index (κ2) is 16.3. The van der Waals surface area contributed by atoms with Crippen LogP contribution in [0.2, 0.25) is 0 Å². The van der Waals surface area contributed by atoms with Gasteiger partial charge in [-0.2, -0.15) is 0 Å². The number of nitrogens with two attached hydrogens (primary N) is 4. The molecule has 1 heterocycles. The van der Waals surface area contributed by atoms with Gasteiger partial charge in [0, 0.05) is 19.5 Å². The third-order valence-electron chi connectivity index (χ3n) is 5.96. The Morgan fingerprint density at radius 1 is 0.973 bits per heavy atom. The van der Waals surface area contributed by atoms with E-state index in [0.717, 1.165) is 6.42 Å². The van der Waals surface area contributed by atoms with Crippen molar-refractivity contribution in [3.05, 3.63) is 0 Å². The summed E-state index contributed by atoms with van der Waals surface area (Å²) in [6, 6.07) is -4.23. The number of amides is 3. The highest BCUT2D eigenvalue weighted by atomic mass is 16.4. The van der Waals surface area contributed by atoms with Gasteiger partial charge in [0.1, 0.15) is 18.1 Å². The molecule has 1 rings (SSSR count). The van der Waals surface area contributed by atoms with Crippen molar-refractivity contribution in [2.75, 3.05) is 19.6 Å². The molecule has 4 atom stereocenters. The van der Waals surface area contributed by atoms with Crippen molar-refractivity contribution < 1.29 is 34.2 Å². The third kappa shape index (κ3) is 11.4. The Morgan fingerprint density at radius 2 is 1.68 bits per heavy atom. The number of guanidine groups is 1. The molecule has 0 saturated carbocycles. The maximum absolute atomic E-state index is 13.1. The zero-order chi connectivity index (χ0) is 28.0. The van der Waals surface area contributed by atoms with Crippen LogP contribution in [0.15, 0.2) is 4.99 Å². The minimum atomic E-state index is -1.46. The number of carbonyl (C=O) groups is 5. The molecule has 0 bridgehead atoms. The summed E-state index contributed by atoms with van der Waals surface area (Å²) in [7, 11) is 0. The van der Waals surface area contributed by atoms with E-state index in [0.29, 0.717) is 38.8 Å². The van der Waals surface area contributed by atoms with Gasteiger partial charge in [0.15, 0.2) is 5.96 Å². The van der Waals surface area contributed by atoms with Crippen LogP contribution in [0.25, 0.3) is 0 Å². The van der Waals surface area contributed by atoms with Crippen LogP contribution < -0.4 is 33.6 Å². The summed E-state index contributed by atoms with van der Waals surface area (Å²) in [5.41, 5.74) is 22.1. The number of unbranched alkanes of at least 4 members (excludes halogenated alkanes) is 1. The Balaban J connectivity index is 2.93. The van der Waals surface area contributed by atoms with Crippen molar-refractivity contribution in [1.29, 1.82) is 0 Å². The minimum Gasteiger partial charge on any atom is -0.481 e. The van der Waals surface area contributed by atoms with Gasteiger partial charge in [0.2, 0.25) is 17.7 Å². The molecule has 0 aromatic rings. The van der Waals surface area contributed by atoms with Crippen LogP contribution in [0.3, 0.4) is 0 Å². The van der Waals surface area contributed by atoms with Crippen molar-refractivity contribution in [2.45, 2.75) is 82.0 Å². The molecule has 0 spiro atoms. The second-order valence-corrected chi connectivity index (χ2v) is 8.92. The number of hydrogen-bond donors (Lipinski definition) is 8. The smallest absolute Gasteiger partial charge is 0.326 e. The van der Waals surface area contributed by atoms with E-state index < -0.39 is 54.3 Å². The Hall–Kier alpha value is -3.46. The molecule has 4 unspecified atom stereocenters. The van der Waals surface area contributed by atoms with Gasteiger partial charge in [-0.15, -0.1) is 0 Å². The van der Waals surface area contributed by atoms with E-state index in [2.05, 4.69) is 15.6 Å². The number of hydrogen-bond acceptors (Lipinski definition) is 8. The topological polar surface area (TPSA) is 270 Å². The average Bonchev–Trinajstić information content (AvgIpc) is 3.32. The number of nitrogens with one attached hydrogen (secondary N) is 2. The molecule has 15 heteroatoms. The highest BCUT2D eigenvalue weighted by Gasteiger charge is 2.37. The first-order chi connectivity index (χ1) is 17.5. The molecule has 1 aliphatic rings. The Morgan fingerprint density at radius 3 is 2.27 bits per heavy atom. The zero-order valence-corrected chi connectivity index (χ0v) is 20.9. The molecule has 1 fully saturated rings. The molecule has 1 aliphatic heterocycles. The van der Waals surface area contributed by atoms with Crippen LogP contribution >= 0.6 is 0 Å². The summed E-state index contributed by atoms with van der Waals surface area (Å²) in [5.74, 6) is -4.49. The first kappa shape index (κ1) is 31.6. The summed E-state index contributed by atoms with van der Waals surface area (Å²) in [4.78, 5) is 66.5.